The Hall–Kier alpha value is -2.14. The Morgan fingerprint density at radius 3 is 2.56 bits per heavy atom. The van der Waals surface area contributed by atoms with Crippen LogP contribution in [0.2, 0.25) is 0 Å². The molecule has 0 radical (unpaired) electrons. The van der Waals surface area contributed by atoms with Crippen molar-refractivity contribution >= 4 is 0 Å². The van der Waals surface area contributed by atoms with Gasteiger partial charge in [0.25, 0.3) is 0 Å². The minimum Gasteiger partial charge on any atom is -0.326 e. The quantitative estimate of drug-likeness (QED) is 0.777. The third kappa shape index (κ3) is 2.41. The molecule has 0 fully saturated rings. The molecule has 1 aromatic heterocycles. The lowest BCUT2D eigenvalue weighted by Gasteiger charge is -2.07. The van der Waals surface area contributed by atoms with Gasteiger partial charge in [-0.2, -0.15) is 0 Å². The maximum absolute atomic E-state index is 11.8. The van der Waals surface area contributed by atoms with Gasteiger partial charge < -0.3 is 14.9 Å². The summed E-state index contributed by atoms with van der Waals surface area (Å²) in [5.74, 6) is 0. The van der Waals surface area contributed by atoms with Crippen LogP contribution in [0.5, 0.6) is 0 Å². The lowest BCUT2D eigenvalue weighted by atomic mass is 10.1. The van der Waals surface area contributed by atoms with Gasteiger partial charge in [-0.3, -0.25) is 9.59 Å². The lowest BCUT2D eigenvalue weighted by Crippen LogP contribution is -2.39. The van der Waals surface area contributed by atoms with E-state index in [4.69, 9.17) is 5.73 Å². The first-order valence-electron chi connectivity index (χ1n) is 5.66. The van der Waals surface area contributed by atoms with Gasteiger partial charge in [0.15, 0.2) is 0 Å². The molecule has 0 amide bonds. The van der Waals surface area contributed by atoms with E-state index < -0.39 is 11.1 Å². The van der Waals surface area contributed by atoms with E-state index in [1.165, 1.54) is 9.13 Å². The Morgan fingerprint density at radius 1 is 1.11 bits per heavy atom. The summed E-state index contributed by atoms with van der Waals surface area (Å²) in [6.07, 6.45) is 3.19. The van der Waals surface area contributed by atoms with Crippen molar-refractivity contribution in [2.45, 2.75) is 13.1 Å². The largest absolute Gasteiger partial charge is 0.326 e. The second-order valence-corrected chi connectivity index (χ2v) is 4.17. The average Bonchev–Trinajstić information content (AvgIpc) is 2.40. The first kappa shape index (κ1) is 12.3. The number of hydrogen-bond donors (Lipinski definition) is 1. The summed E-state index contributed by atoms with van der Waals surface area (Å²) in [7, 11) is 1.56. The fourth-order valence-electron chi connectivity index (χ4n) is 1.77. The molecule has 94 valence electrons. The normalized spacial score (nSPS) is 10.6. The minimum absolute atomic E-state index is 0.378. The van der Waals surface area contributed by atoms with Crippen LogP contribution in [0.1, 0.15) is 11.1 Å². The Bertz CT molecular complexity index is 670. The van der Waals surface area contributed by atoms with Crippen molar-refractivity contribution in [3.63, 3.8) is 0 Å². The molecule has 5 nitrogen and oxygen atoms in total. The van der Waals surface area contributed by atoms with Crippen molar-refractivity contribution in [2.75, 3.05) is 0 Å². The summed E-state index contributed by atoms with van der Waals surface area (Å²) in [6, 6.07) is 7.66. The molecular weight excluding hydrogens is 230 g/mol. The molecule has 0 saturated carbocycles. The third-order valence-corrected chi connectivity index (χ3v) is 2.81. The van der Waals surface area contributed by atoms with Crippen LogP contribution in [-0.4, -0.2) is 9.13 Å². The SMILES string of the molecule is Cn1ccn(Cc2cccc(CN)c2)c(=O)c1=O. The predicted octanol–water partition coefficient (Wildman–Crippen LogP) is 0.0540. The summed E-state index contributed by atoms with van der Waals surface area (Å²) in [5.41, 5.74) is 6.48. The fourth-order valence-corrected chi connectivity index (χ4v) is 1.77. The van der Waals surface area contributed by atoms with Crippen molar-refractivity contribution in [1.29, 1.82) is 0 Å². The minimum atomic E-state index is -0.521. The molecule has 0 unspecified atom stereocenters. The highest BCUT2D eigenvalue weighted by molar-refractivity contribution is 5.23. The zero-order valence-electron chi connectivity index (χ0n) is 10.2. The summed E-state index contributed by atoms with van der Waals surface area (Å²) in [5, 5.41) is 0. The molecule has 0 saturated heterocycles. The number of nitrogens with zero attached hydrogens (tertiary/aromatic N) is 2. The summed E-state index contributed by atoms with van der Waals surface area (Å²) in [4.78, 5) is 23.3. The second-order valence-electron chi connectivity index (χ2n) is 4.17. The van der Waals surface area contributed by atoms with E-state index in [0.717, 1.165) is 11.1 Å². The van der Waals surface area contributed by atoms with Crippen molar-refractivity contribution in [1.82, 2.24) is 9.13 Å². The molecular formula is C13H15N3O2. The van der Waals surface area contributed by atoms with Gasteiger partial charge in [0.05, 0.1) is 6.54 Å². The van der Waals surface area contributed by atoms with E-state index in [0.29, 0.717) is 13.1 Å². The van der Waals surface area contributed by atoms with Crippen molar-refractivity contribution in [3.05, 3.63) is 68.5 Å². The Balaban J connectivity index is 2.37. The van der Waals surface area contributed by atoms with Gasteiger partial charge in [0.1, 0.15) is 0 Å². The van der Waals surface area contributed by atoms with Gasteiger partial charge in [0.2, 0.25) is 0 Å². The second kappa shape index (κ2) is 5.01. The highest BCUT2D eigenvalue weighted by atomic mass is 16.2. The average molecular weight is 245 g/mol. The van der Waals surface area contributed by atoms with Crippen LogP contribution in [0.4, 0.5) is 0 Å². The molecule has 0 aliphatic rings. The number of aromatic nitrogens is 2. The molecule has 2 rings (SSSR count). The monoisotopic (exact) mass is 245 g/mol. The van der Waals surface area contributed by atoms with Gasteiger partial charge in [-0.25, -0.2) is 0 Å². The molecule has 0 aliphatic heterocycles. The molecule has 0 bridgehead atoms. The number of hydrogen-bond acceptors (Lipinski definition) is 3. The van der Waals surface area contributed by atoms with E-state index in [1.807, 2.05) is 24.3 Å². The number of nitrogens with two attached hydrogens (primary N) is 1. The maximum Gasteiger partial charge on any atom is 0.316 e. The molecule has 1 aromatic carbocycles. The summed E-state index contributed by atoms with van der Waals surface area (Å²) < 4.78 is 2.67. The predicted molar refractivity (Wildman–Crippen MR) is 69.4 cm³/mol. The van der Waals surface area contributed by atoms with Gasteiger partial charge in [-0.05, 0) is 11.1 Å². The van der Waals surface area contributed by atoms with E-state index in [2.05, 4.69) is 0 Å². The van der Waals surface area contributed by atoms with Gasteiger partial charge in [-0.1, -0.05) is 24.3 Å². The Kier molecular flexibility index (Phi) is 3.43. The number of rotatable bonds is 3. The van der Waals surface area contributed by atoms with Crippen LogP contribution in [0, 0.1) is 0 Å². The van der Waals surface area contributed by atoms with E-state index >= 15 is 0 Å². The van der Waals surface area contributed by atoms with Gasteiger partial charge in [0, 0.05) is 26.0 Å². The third-order valence-electron chi connectivity index (χ3n) is 2.81. The Morgan fingerprint density at radius 2 is 1.83 bits per heavy atom. The van der Waals surface area contributed by atoms with E-state index in [1.54, 1.807) is 19.4 Å². The van der Waals surface area contributed by atoms with Crippen molar-refractivity contribution < 1.29 is 0 Å². The van der Waals surface area contributed by atoms with Gasteiger partial charge >= 0.3 is 11.1 Å². The van der Waals surface area contributed by atoms with Crippen LogP contribution >= 0.6 is 0 Å². The zero-order chi connectivity index (χ0) is 13.1. The molecule has 0 aliphatic carbocycles. The summed E-state index contributed by atoms with van der Waals surface area (Å²) >= 11 is 0. The van der Waals surface area contributed by atoms with E-state index in [9.17, 15) is 9.59 Å². The van der Waals surface area contributed by atoms with E-state index in [-0.39, 0.29) is 0 Å². The molecule has 18 heavy (non-hydrogen) atoms. The molecule has 2 N–H and O–H groups in total. The molecule has 5 heteroatoms. The van der Waals surface area contributed by atoms with Crippen molar-refractivity contribution in [2.24, 2.45) is 12.8 Å². The molecule has 1 heterocycles. The number of aryl methyl sites for hydroxylation is 1. The molecule has 0 spiro atoms. The molecule has 2 aromatic rings. The fraction of sp³-hybridized carbons (Fsp3) is 0.231. The lowest BCUT2D eigenvalue weighted by molar-refractivity contribution is 0.694. The van der Waals surface area contributed by atoms with Crippen LogP contribution < -0.4 is 16.9 Å². The zero-order valence-corrected chi connectivity index (χ0v) is 10.2. The van der Waals surface area contributed by atoms with Crippen LogP contribution in [0.15, 0.2) is 46.2 Å². The first-order chi connectivity index (χ1) is 8.61. The summed E-state index contributed by atoms with van der Waals surface area (Å²) in [6.45, 7) is 0.835. The first-order valence-corrected chi connectivity index (χ1v) is 5.66. The highest BCUT2D eigenvalue weighted by Gasteiger charge is 2.03. The number of benzene rings is 1. The van der Waals surface area contributed by atoms with Gasteiger partial charge in [-0.15, -0.1) is 0 Å². The van der Waals surface area contributed by atoms with Crippen molar-refractivity contribution in [3.8, 4) is 0 Å². The highest BCUT2D eigenvalue weighted by Crippen LogP contribution is 2.05. The van der Waals surface area contributed by atoms with Crippen LogP contribution in [-0.2, 0) is 20.1 Å². The van der Waals surface area contributed by atoms with Crippen LogP contribution in [0.25, 0.3) is 0 Å². The molecule has 0 atom stereocenters. The smallest absolute Gasteiger partial charge is 0.316 e. The standard InChI is InChI=1S/C13H15N3O2/c1-15-5-6-16(13(18)12(15)17)9-11-4-2-3-10(7-11)8-14/h2-7H,8-9,14H2,1H3. The topological polar surface area (TPSA) is 70.0 Å². The van der Waals surface area contributed by atoms with Crippen LogP contribution in [0.3, 0.4) is 0 Å². The maximum atomic E-state index is 11.8. The Labute approximate surface area is 104 Å².